The molecule has 0 saturated carbocycles. The molecular formula is C18H20INO4. The quantitative estimate of drug-likeness (QED) is 0.505. The summed E-state index contributed by atoms with van der Waals surface area (Å²) in [5, 5.41) is 2.79. The lowest BCUT2D eigenvalue weighted by Gasteiger charge is -2.14. The van der Waals surface area contributed by atoms with E-state index in [1.807, 2.05) is 30.3 Å². The zero-order chi connectivity index (χ0) is 17.4. The van der Waals surface area contributed by atoms with Crippen LogP contribution in [0.15, 0.2) is 42.5 Å². The van der Waals surface area contributed by atoms with Gasteiger partial charge in [-0.1, -0.05) is 30.3 Å². The molecule has 0 radical (unpaired) electrons. The van der Waals surface area contributed by atoms with Crippen LogP contribution in [0.1, 0.15) is 15.9 Å². The fourth-order valence-electron chi connectivity index (χ4n) is 2.09. The Balaban J connectivity index is 2.13. The predicted octanol–water partition coefficient (Wildman–Crippen LogP) is 3.26. The molecule has 128 valence electrons. The predicted molar refractivity (Wildman–Crippen MR) is 101 cm³/mol. The van der Waals surface area contributed by atoms with E-state index in [2.05, 4.69) is 27.9 Å². The maximum absolute atomic E-state index is 12.2. The first kappa shape index (κ1) is 18.5. The molecule has 0 fully saturated rings. The second-order valence-corrected chi connectivity index (χ2v) is 6.17. The number of ether oxygens (including phenoxy) is 3. The largest absolute Gasteiger partial charge is 0.493 e. The van der Waals surface area contributed by atoms with Crippen molar-refractivity contribution in [2.75, 3.05) is 27.4 Å². The highest BCUT2D eigenvalue weighted by atomic mass is 127. The van der Waals surface area contributed by atoms with Crippen LogP contribution in [-0.4, -0.2) is 33.3 Å². The first-order chi connectivity index (χ1) is 11.7. The number of hydrogen-bond acceptors (Lipinski definition) is 4. The van der Waals surface area contributed by atoms with E-state index in [9.17, 15) is 4.79 Å². The van der Waals surface area contributed by atoms with Crippen molar-refractivity contribution in [3.63, 3.8) is 0 Å². The zero-order valence-corrected chi connectivity index (χ0v) is 15.8. The summed E-state index contributed by atoms with van der Waals surface area (Å²) in [5.41, 5.74) is 1.59. The lowest BCUT2D eigenvalue weighted by atomic mass is 10.2. The Morgan fingerprint density at radius 3 is 2.58 bits per heavy atom. The highest BCUT2D eigenvalue weighted by Gasteiger charge is 2.15. The lowest BCUT2D eigenvalue weighted by molar-refractivity contribution is 0.0936. The highest BCUT2D eigenvalue weighted by Crippen LogP contribution is 2.34. The Morgan fingerprint density at radius 2 is 1.92 bits per heavy atom. The molecule has 0 spiro atoms. The van der Waals surface area contributed by atoms with Gasteiger partial charge in [-0.2, -0.15) is 0 Å². The van der Waals surface area contributed by atoms with E-state index in [0.29, 0.717) is 36.8 Å². The van der Waals surface area contributed by atoms with Crippen molar-refractivity contribution >= 4 is 28.5 Å². The van der Waals surface area contributed by atoms with Gasteiger partial charge < -0.3 is 19.5 Å². The van der Waals surface area contributed by atoms with Gasteiger partial charge in [0.1, 0.15) is 6.61 Å². The van der Waals surface area contributed by atoms with Crippen LogP contribution in [0.3, 0.4) is 0 Å². The minimum atomic E-state index is -0.169. The third kappa shape index (κ3) is 5.10. The second kappa shape index (κ2) is 9.48. The fraction of sp³-hybridized carbons (Fsp3) is 0.278. The van der Waals surface area contributed by atoms with Gasteiger partial charge in [0, 0.05) is 19.2 Å². The van der Waals surface area contributed by atoms with Crippen molar-refractivity contribution in [3.05, 3.63) is 57.2 Å². The molecule has 0 aromatic heterocycles. The van der Waals surface area contributed by atoms with Crippen LogP contribution in [0.5, 0.6) is 11.5 Å². The first-order valence-corrected chi connectivity index (χ1v) is 8.55. The molecule has 0 saturated heterocycles. The molecule has 0 aliphatic rings. The molecule has 6 heteroatoms. The third-order valence-corrected chi connectivity index (χ3v) is 4.11. The fourth-order valence-corrected chi connectivity index (χ4v) is 2.85. The minimum Gasteiger partial charge on any atom is -0.493 e. The Labute approximate surface area is 155 Å². The van der Waals surface area contributed by atoms with Gasteiger partial charge in [-0.25, -0.2) is 0 Å². The van der Waals surface area contributed by atoms with Gasteiger partial charge in [0.2, 0.25) is 0 Å². The Kier molecular flexibility index (Phi) is 7.33. The van der Waals surface area contributed by atoms with Gasteiger partial charge in [0.25, 0.3) is 5.91 Å². The SMILES string of the molecule is COCCNC(=O)c1cc(I)c(OCc2ccccc2)c(OC)c1. The molecule has 5 nitrogen and oxygen atoms in total. The molecule has 0 heterocycles. The molecule has 0 aliphatic carbocycles. The van der Waals surface area contributed by atoms with Crippen LogP contribution >= 0.6 is 22.6 Å². The van der Waals surface area contributed by atoms with E-state index in [1.54, 1.807) is 26.4 Å². The number of halogens is 1. The number of nitrogens with one attached hydrogen (secondary N) is 1. The molecular weight excluding hydrogens is 421 g/mol. The number of rotatable bonds is 8. The summed E-state index contributed by atoms with van der Waals surface area (Å²) in [6.07, 6.45) is 0. The molecule has 1 amide bonds. The minimum absolute atomic E-state index is 0.169. The average molecular weight is 441 g/mol. The molecule has 2 aromatic carbocycles. The van der Waals surface area contributed by atoms with Gasteiger partial charge in [-0.3, -0.25) is 4.79 Å². The molecule has 24 heavy (non-hydrogen) atoms. The van der Waals surface area contributed by atoms with Crippen LogP contribution in [0.4, 0.5) is 0 Å². The van der Waals surface area contributed by atoms with E-state index in [-0.39, 0.29) is 5.91 Å². The van der Waals surface area contributed by atoms with Crippen molar-refractivity contribution in [2.24, 2.45) is 0 Å². The molecule has 0 bridgehead atoms. The number of carbonyl (C=O) groups excluding carboxylic acids is 1. The summed E-state index contributed by atoms with van der Waals surface area (Å²) in [5.74, 6) is 1.00. The number of methoxy groups -OCH3 is 2. The first-order valence-electron chi connectivity index (χ1n) is 7.47. The Hall–Kier alpha value is -1.80. The average Bonchev–Trinajstić information content (AvgIpc) is 2.61. The van der Waals surface area contributed by atoms with Crippen LogP contribution < -0.4 is 14.8 Å². The van der Waals surface area contributed by atoms with Gasteiger partial charge in [0.15, 0.2) is 11.5 Å². The lowest BCUT2D eigenvalue weighted by Crippen LogP contribution is -2.27. The standard InChI is InChI=1S/C18H20INO4/c1-22-9-8-20-18(21)14-10-15(19)17(16(11-14)23-2)24-12-13-6-4-3-5-7-13/h3-7,10-11H,8-9,12H2,1-2H3,(H,20,21). The Morgan fingerprint density at radius 1 is 1.17 bits per heavy atom. The van der Waals surface area contributed by atoms with Gasteiger partial charge >= 0.3 is 0 Å². The van der Waals surface area contributed by atoms with Crippen LogP contribution in [0.25, 0.3) is 0 Å². The third-order valence-electron chi connectivity index (χ3n) is 3.31. The maximum Gasteiger partial charge on any atom is 0.251 e. The number of hydrogen-bond donors (Lipinski definition) is 1. The zero-order valence-electron chi connectivity index (χ0n) is 13.7. The molecule has 0 atom stereocenters. The topological polar surface area (TPSA) is 56.8 Å². The summed E-state index contributed by atoms with van der Waals surface area (Å²) in [7, 11) is 3.16. The van der Waals surface area contributed by atoms with Crippen molar-refractivity contribution in [1.29, 1.82) is 0 Å². The van der Waals surface area contributed by atoms with Gasteiger partial charge in [0.05, 0.1) is 17.3 Å². The van der Waals surface area contributed by atoms with Gasteiger partial charge in [-0.15, -0.1) is 0 Å². The van der Waals surface area contributed by atoms with Crippen molar-refractivity contribution in [2.45, 2.75) is 6.61 Å². The van der Waals surface area contributed by atoms with Crippen molar-refractivity contribution < 1.29 is 19.0 Å². The van der Waals surface area contributed by atoms with E-state index < -0.39 is 0 Å². The van der Waals surface area contributed by atoms with E-state index in [0.717, 1.165) is 9.13 Å². The van der Waals surface area contributed by atoms with Crippen LogP contribution in [0, 0.1) is 3.57 Å². The highest BCUT2D eigenvalue weighted by molar-refractivity contribution is 14.1. The van der Waals surface area contributed by atoms with Gasteiger partial charge in [-0.05, 0) is 40.3 Å². The molecule has 1 N–H and O–H groups in total. The summed E-state index contributed by atoms with van der Waals surface area (Å²) in [4.78, 5) is 12.2. The maximum atomic E-state index is 12.2. The molecule has 2 rings (SSSR count). The summed E-state index contributed by atoms with van der Waals surface area (Å²) in [6, 6.07) is 13.4. The summed E-state index contributed by atoms with van der Waals surface area (Å²) in [6.45, 7) is 1.37. The number of benzene rings is 2. The number of amides is 1. The van der Waals surface area contributed by atoms with E-state index in [1.165, 1.54) is 0 Å². The Bertz CT molecular complexity index is 676. The monoisotopic (exact) mass is 441 g/mol. The second-order valence-electron chi connectivity index (χ2n) is 5.01. The molecule has 2 aromatic rings. The smallest absolute Gasteiger partial charge is 0.251 e. The normalized spacial score (nSPS) is 10.3. The van der Waals surface area contributed by atoms with Crippen molar-refractivity contribution in [3.8, 4) is 11.5 Å². The van der Waals surface area contributed by atoms with E-state index >= 15 is 0 Å². The van der Waals surface area contributed by atoms with Crippen molar-refractivity contribution in [1.82, 2.24) is 5.32 Å². The number of carbonyl (C=O) groups is 1. The summed E-state index contributed by atoms with van der Waals surface area (Å²) >= 11 is 2.15. The molecule has 0 unspecified atom stereocenters. The summed E-state index contributed by atoms with van der Waals surface area (Å²) < 4.78 is 17.0. The molecule has 0 aliphatic heterocycles. The van der Waals surface area contributed by atoms with E-state index in [4.69, 9.17) is 14.2 Å². The van der Waals surface area contributed by atoms with Crippen LogP contribution in [0.2, 0.25) is 0 Å². The van der Waals surface area contributed by atoms with Crippen LogP contribution in [-0.2, 0) is 11.3 Å².